The molecule has 1 aliphatic rings. The Kier molecular flexibility index (Phi) is 8.10. The van der Waals surface area contributed by atoms with Crippen LogP contribution in [0.25, 0.3) is 0 Å². The summed E-state index contributed by atoms with van der Waals surface area (Å²) >= 11 is 0. The summed E-state index contributed by atoms with van der Waals surface area (Å²) in [5.41, 5.74) is -0.114. The average Bonchev–Trinajstić information content (AvgIpc) is 3.30. The lowest BCUT2D eigenvalue weighted by Crippen LogP contribution is -2.48. The van der Waals surface area contributed by atoms with Gasteiger partial charge in [0, 0.05) is 25.6 Å². The molecule has 0 radical (unpaired) electrons. The Morgan fingerprint density at radius 2 is 2.04 bits per heavy atom. The molecule has 0 saturated carbocycles. The summed E-state index contributed by atoms with van der Waals surface area (Å²) < 4.78 is 11.2. The largest absolute Gasteiger partial charge is 0.467 e. The van der Waals surface area contributed by atoms with E-state index in [9.17, 15) is 9.59 Å². The summed E-state index contributed by atoms with van der Waals surface area (Å²) in [6, 6.07) is 3.71. The van der Waals surface area contributed by atoms with E-state index in [4.69, 9.17) is 9.15 Å². The Morgan fingerprint density at radius 1 is 1.29 bits per heavy atom. The van der Waals surface area contributed by atoms with E-state index in [1.165, 1.54) is 0 Å². The van der Waals surface area contributed by atoms with Gasteiger partial charge in [-0.15, -0.1) is 0 Å². The predicted molar refractivity (Wildman–Crippen MR) is 109 cm³/mol. The summed E-state index contributed by atoms with van der Waals surface area (Å²) in [6.45, 7) is 11.9. The number of hydrogen-bond donors (Lipinski definition) is 0. The van der Waals surface area contributed by atoms with Crippen LogP contribution in [-0.4, -0.2) is 53.5 Å². The normalized spacial score (nSPS) is 18.1. The van der Waals surface area contributed by atoms with Gasteiger partial charge in [0.15, 0.2) is 0 Å². The maximum Gasteiger partial charge on any atom is 0.242 e. The molecule has 2 unspecified atom stereocenters. The molecule has 2 rings (SSSR count). The molecule has 1 saturated heterocycles. The molecular weight excluding hydrogens is 356 g/mol. The van der Waals surface area contributed by atoms with E-state index >= 15 is 0 Å². The molecule has 0 N–H and O–H groups in total. The van der Waals surface area contributed by atoms with Crippen molar-refractivity contribution in [3.8, 4) is 0 Å². The molecule has 0 aliphatic carbocycles. The van der Waals surface area contributed by atoms with Gasteiger partial charge in [-0.1, -0.05) is 27.7 Å². The molecule has 0 bridgehead atoms. The van der Waals surface area contributed by atoms with Crippen molar-refractivity contribution in [3.63, 3.8) is 0 Å². The van der Waals surface area contributed by atoms with E-state index in [-0.39, 0.29) is 35.9 Å². The molecule has 1 aromatic heterocycles. The first-order chi connectivity index (χ1) is 13.2. The average molecular weight is 393 g/mol. The highest BCUT2D eigenvalue weighted by Gasteiger charge is 2.29. The summed E-state index contributed by atoms with van der Waals surface area (Å²) in [5.74, 6) is 0.710. The van der Waals surface area contributed by atoms with Crippen LogP contribution >= 0.6 is 0 Å². The van der Waals surface area contributed by atoms with E-state index in [1.807, 2.05) is 46.8 Å². The van der Waals surface area contributed by atoms with Gasteiger partial charge in [0.05, 0.1) is 18.9 Å². The SMILES string of the molecule is CCC(C)N(CC(=O)N(Cc1ccco1)CC1CCCO1)C(=O)CC(C)(C)C. The fourth-order valence-electron chi connectivity index (χ4n) is 3.39. The lowest BCUT2D eigenvalue weighted by atomic mass is 9.91. The van der Waals surface area contributed by atoms with Crippen LogP contribution in [0, 0.1) is 5.41 Å². The maximum absolute atomic E-state index is 13.2. The Hall–Kier alpha value is -1.82. The van der Waals surface area contributed by atoms with E-state index in [2.05, 4.69) is 0 Å². The molecule has 6 nitrogen and oxygen atoms in total. The minimum absolute atomic E-state index is 0.0204. The van der Waals surface area contributed by atoms with E-state index in [1.54, 1.807) is 16.1 Å². The van der Waals surface area contributed by atoms with Crippen molar-refractivity contribution in [2.75, 3.05) is 19.7 Å². The van der Waals surface area contributed by atoms with Crippen LogP contribution in [-0.2, 0) is 20.9 Å². The molecular formula is C22H36N2O4. The van der Waals surface area contributed by atoms with Gasteiger partial charge in [0.1, 0.15) is 12.3 Å². The van der Waals surface area contributed by atoms with Crippen molar-refractivity contribution in [3.05, 3.63) is 24.2 Å². The maximum atomic E-state index is 13.2. The predicted octanol–water partition coefficient (Wildman–Crippen LogP) is 3.85. The van der Waals surface area contributed by atoms with Crippen LogP contribution in [0.2, 0.25) is 0 Å². The van der Waals surface area contributed by atoms with Gasteiger partial charge in [0.25, 0.3) is 0 Å². The highest BCUT2D eigenvalue weighted by molar-refractivity contribution is 5.85. The number of furan rings is 1. The number of nitrogens with zero attached hydrogens (tertiary/aromatic N) is 2. The third kappa shape index (κ3) is 6.97. The van der Waals surface area contributed by atoms with Crippen LogP contribution in [0.4, 0.5) is 0 Å². The molecule has 1 aliphatic heterocycles. The topological polar surface area (TPSA) is 63.0 Å². The summed E-state index contributed by atoms with van der Waals surface area (Å²) in [5, 5.41) is 0. The quantitative estimate of drug-likeness (QED) is 0.640. The molecule has 0 spiro atoms. The van der Waals surface area contributed by atoms with Gasteiger partial charge >= 0.3 is 0 Å². The molecule has 2 heterocycles. The highest BCUT2D eigenvalue weighted by Crippen LogP contribution is 2.22. The molecule has 0 aromatic carbocycles. The van der Waals surface area contributed by atoms with Crippen molar-refractivity contribution in [1.29, 1.82) is 0 Å². The smallest absolute Gasteiger partial charge is 0.242 e. The van der Waals surface area contributed by atoms with E-state index in [0.717, 1.165) is 31.6 Å². The first-order valence-corrected chi connectivity index (χ1v) is 10.4. The lowest BCUT2D eigenvalue weighted by molar-refractivity contribution is -0.144. The minimum Gasteiger partial charge on any atom is -0.467 e. The molecule has 2 amide bonds. The lowest BCUT2D eigenvalue weighted by Gasteiger charge is -2.33. The molecule has 1 fully saturated rings. The van der Waals surface area contributed by atoms with Gasteiger partial charge in [-0.05, 0) is 43.7 Å². The van der Waals surface area contributed by atoms with Gasteiger partial charge in [-0.2, -0.15) is 0 Å². The van der Waals surface area contributed by atoms with Crippen molar-refractivity contribution < 1.29 is 18.7 Å². The number of ether oxygens (including phenoxy) is 1. The Morgan fingerprint density at radius 3 is 2.57 bits per heavy atom. The Labute approximate surface area is 169 Å². The van der Waals surface area contributed by atoms with Gasteiger partial charge in [0.2, 0.25) is 11.8 Å². The van der Waals surface area contributed by atoms with E-state index in [0.29, 0.717) is 19.5 Å². The number of amides is 2. The molecule has 2 atom stereocenters. The Balaban J connectivity index is 2.11. The van der Waals surface area contributed by atoms with Crippen molar-refractivity contribution in [2.24, 2.45) is 5.41 Å². The van der Waals surface area contributed by atoms with Gasteiger partial charge in [-0.25, -0.2) is 0 Å². The van der Waals surface area contributed by atoms with Crippen molar-refractivity contribution in [2.45, 2.75) is 79.0 Å². The van der Waals surface area contributed by atoms with Gasteiger partial charge in [-0.3, -0.25) is 9.59 Å². The zero-order chi connectivity index (χ0) is 20.7. The zero-order valence-corrected chi connectivity index (χ0v) is 18.1. The summed E-state index contributed by atoms with van der Waals surface area (Å²) in [4.78, 5) is 29.6. The van der Waals surface area contributed by atoms with E-state index < -0.39 is 0 Å². The zero-order valence-electron chi connectivity index (χ0n) is 18.1. The van der Waals surface area contributed by atoms with Crippen LogP contribution < -0.4 is 0 Å². The third-order valence-electron chi connectivity index (χ3n) is 5.16. The number of rotatable bonds is 9. The van der Waals surface area contributed by atoms with Gasteiger partial charge < -0.3 is 19.0 Å². The van der Waals surface area contributed by atoms with Crippen LogP contribution in [0.1, 0.15) is 66.1 Å². The second kappa shape index (κ2) is 10.1. The highest BCUT2D eigenvalue weighted by atomic mass is 16.5. The molecule has 6 heteroatoms. The van der Waals surface area contributed by atoms with Crippen molar-refractivity contribution >= 4 is 11.8 Å². The molecule has 158 valence electrons. The second-order valence-corrected chi connectivity index (χ2v) is 9.00. The van der Waals surface area contributed by atoms with Crippen molar-refractivity contribution in [1.82, 2.24) is 9.80 Å². The first-order valence-electron chi connectivity index (χ1n) is 10.4. The van der Waals surface area contributed by atoms with Crippen LogP contribution in [0.5, 0.6) is 0 Å². The fraction of sp³-hybridized carbons (Fsp3) is 0.727. The number of hydrogen-bond acceptors (Lipinski definition) is 4. The summed E-state index contributed by atoms with van der Waals surface area (Å²) in [6.07, 6.45) is 4.89. The summed E-state index contributed by atoms with van der Waals surface area (Å²) in [7, 11) is 0. The standard InChI is InChI=1S/C22H36N2O4/c1-6-17(2)24(20(25)13-22(3,4)5)16-21(26)23(14-18-9-7-11-27-18)15-19-10-8-12-28-19/h7,9,11,17,19H,6,8,10,12-16H2,1-5H3. The monoisotopic (exact) mass is 392 g/mol. The molecule has 28 heavy (non-hydrogen) atoms. The Bertz CT molecular complexity index is 615. The molecule has 1 aromatic rings. The number of carbonyl (C=O) groups is 2. The fourth-order valence-corrected chi connectivity index (χ4v) is 3.39. The number of carbonyl (C=O) groups excluding carboxylic acids is 2. The first kappa shape index (κ1) is 22.5. The van der Waals surface area contributed by atoms with Crippen LogP contribution in [0.3, 0.4) is 0 Å². The third-order valence-corrected chi connectivity index (χ3v) is 5.16. The second-order valence-electron chi connectivity index (χ2n) is 9.00. The van der Waals surface area contributed by atoms with Crippen LogP contribution in [0.15, 0.2) is 22.8 Å². The minimum atomic E-state index is -0.114.